The lowest BCUT2D eigenvalue weighted by Gasteiger charge is -2.17. The quantitative estimate of drug-likeness (QED) is 0.798. The zero-order valence-electron chi connectivity index (χ0n) is 13.9. The predicted octanol–water partition coefficient (Wildman–Crippen LogP) is 3.27. The maximum atomic E-state index is 12.4. The molecular formula is C20H23NO2. The molecule has 0 aliphatic heterocycles. The van der Waals surface area contributed by atoms with Crippen LogP contribution in [-0.4, -0.2) is 24.7 Å². The maximum absolute atomic E-state index is 12.4. The van der Waals surface area contributed by atoms with Gasteiger partial charge < -0.3 is 5.32 Å². The molecule has 0 aliphatic rings. The van der Waals surface area contributed by atoms with Gasteiger partial charge in [-0.15, -0.1) is 0 Å². The van der Waals surface area contributed by atoms with Crippen molar-refractivity contribution in [1.82, 2.24) is 5.32 Å². The van der Waals surface area contributed by atoms with Gasteiger partial charge in [0.05, 0.1) is 6.04 Å². The number of likely N-dealkylation sites (N-methyl/N-ethyl adjacent to an activating group) is 1. The summed E-state index contributed by atoms with van der Waals surface area (Å²) in [4.78, 5) is 24.5. The summed E-state index contributed by atoms with van der Waals surface area (Å²) in [6.07, 6.45) is 0.632. The molecule has 0 saturated carbocycles. The average Bonchev–Trinajstić information content (AvgIpc) is 2.59. The Morgan fingerprint density at radius 2 is 1.48 bits per heavy atom. The minimum Gasteiger partial charge on any atom is -0.310 e. The fourth-order valence-corrected chi connectivity index (χ4v) is 2.53. The van der Waals surface area contributed by atoms with E-state index in [-0.39, 0.29) is 23.5 Å². The van der Waals surface area contributed by atoms with E-state index in [0.29, 0.717) is 17.5 Å². The lowest BCUT2D eigenvalue weighted by atomic mass is 9.94. The molecule has 120 valence electrons. The van der Waals surface area contributed by atoms with Crippen molar-refractivity contribution >= 4 is 11.6 Å². The second kappa shape index (κ2) is 7.84. The number of hydrogen-bond donors (Lipinski definition) is 1. The number of nitrogens with one attached hydrogen (secondary N) is 1. The summed E-state index contributed by atoms with van der Waals surface area (Å²) >= 11 is 0. The van der Waals surface area contributed by atoms with Crippen molar-refractivity contribution in [3.63, 3.8) is 0 Å². The van der Waals surface area contributed by atoms with Gasteiger partial charge >= 0.3 is 0 Å². The number of Topliss-reactive ketones (excluding diaryl/α,β-unsaturated/α-hetero) is 1. The van der Waals surface area contributed by atoms with Gasteiger partial charge in [-0.05, 0) is 19.0 Å². The molecule has 0 fully saturated rings. The van der Waals surface area contributed by atoms with E-state index in [4.69, 9.17) is 0 Å². The SMILES string of the molecule is CNC(Cc1ccc(C(=O)c2ccccc2)cc1)C(=O)C(C)C. The summed E-state index contributed by atoms with van der Waals surface area (Å²) in [5, 5.41) is 3.08. The van der Waals surface area contributed by atoms with E-state index >= 15 is 0 Å². The number of rotatable bonds is 7. The number of carbonyl (C=O) groups is 2. The van der Waals surface area contributed by atoms with Crippen molar-refractivity contribution in [1.29, 1.82) is 0 Å². The molecule has 3 heteroatoms. The highest BCUT2D eigenvalue weighted by atomic mass is 16.1. The molecule has 0 spiro atoms. The molecule has 0 amide bonds. The predicted molar refractivity (Wildman–Crippen MR) is 92.7 cm³/mol. The molecule has 0 saturated heterocycles. The monoisotopic (exact) mass is 309 g/mol. The van der Waals surface area contributed by atoms with Crippen LogP contribution in [0.2, 0.25) is 0 Å². The van der Waals surface area contributed by atoms with Crippen LogP contribution in [0.15, 0.2) is 54.6 Å². The minimum atomic E-state index is -0.189. The summed E-state index contributed by atoms with van der Waals surface area (Å²) < 4.78 is 0. The van der Waals surface area contributed by atoms with Gasteiger partial charge in [0.1, 0.15) is 0 Å². The van der Waals surface area contributed by atoms with Crippen LogP contribution in [0.4, 0.5) is 0 Å². The molecule has 2 aromatic carbocycles. The lowest BCUT2D eigenvalue weighted by Crippen LogP contribution is -2.38. The van der Waals surface area contributed by atoms with Gasteiger partial charge in [-0.1, -0.05) is 68.4 Å². The standard InChI is InChI=1S/C20H23NO2/c1-14(2)19(22)18(21-3)13-15-9-11-17(12-10-15)20(23)16-7-5-4-6-8-16/h4-12,14,18,21H,13H2,1-3H3. The summed E-state index contributed by atoms with van der Waals surface area (Å²) in [5.41, 5.74) is 2.39. The van der Waals surface area contributed by atoms with E-state index < -0.39 is 0 Å². The molecule has 0 bridgehead atoms. The third-order valence-corrected chi connectivity index (χ3v) is 3.95. The topological polar surface area (TPSA) is 46.2 Å². The van der Waals surface area contributed by atoms with Crippen molar-refractivity contribution < 1.29 is 9.59 Å². The number of benzene rings is 2. The van der Waals surface area contributed by atoms with E-state index in [0.717, 1.165) is 5.56 Å². The normalized spacial score (nSPS) is 12.2. The highest BCUT2D eigenvalue weighted by molar-refractivity contribution is 6.08. The van der Waals surface area contributed by atoms with Crippen LogP contribution in [0.25, 0.3) is 0 Å². The Hall–Kier alpha value is -2.26. The summed E-state index contributed by atoms with van der Waals surface area (Å²) in [7, 11) is 1.80. The van der Waals surface area contributed by atoms with E-state index in [1.54, 1.807) is 7.05 Å². The van der Waals surface area contributed by atoms with Gasteiger partial charge in [0, 0.05) is 17.0 Å². The van der Waals surface area contributed by atoms with Crippen LogP contribution >= 0.6 is 0 Å². The molecular weight excluding hydrogens is 286 g/mol. The van der Waals surface area contributed by atoms with E-state index in [1.807, 2.05) is 68.4 Å². The number of hydrogen-bond acceptors (Lipinski definition) is 3. The van der Waals surface area contributed by atoms with Crippen molar-refractivity contribution in [2.45, 2.75) is 26.3 Å². The van der Waals surface area contributed by atoms with E-state index in [2.05, 4.69) is 5.32 Å². The number of carbonyl (C=O) groups excluding carboxylic acids is 2. The van der Waals surface area contributed by atoms with Crippen molar-refractivity contribution in [3.05, 3.63) is 71.3 Å². The Bertz CT molecular complexity index is 660. The zero-order chi connectivity index (χ0) is 16.8. The summed E-state index contributed by atoms with van der Waals surface area (Å²) in [6.45, 7) is 3.82. The molecule has 1 N–H and O–H groups in total. The minimum absolute atomic E-state index is 0.00591. The van der Waals surface area contributed by atoms with Crippen molar-refractivity contribution in [3.8, 4) is 0 Å². The van der Waals surface area contributed by atoms with Gasteiger partial charge in [-0.25, -0.2) is 0 Å². The first-order valence-corrected chi connectivity index (χ1v) is 7.92. The molecule has 0 radical (unpaired) electrons. The van der Waals surface area contributed by atoms with Gasteiger partial charge in [0.25, 0.3) is 0 Å². The molecule has 0 aromatic heterocycles. The van der Waals surface area contributed by atoms with Crippen LogP contribution < -0.4 is 5.32 Å². The smallest absolute Gasteiger partial charge is 0.193 e. The van der Waals surface area contributed by atoms with Crippen LogP contribution in [0.3, 0.4) is 0 Å². The van der Waals surface area contributed by atoms with Crippen LogP contribution in [0, 0.1) is 5.92 Å². The highest BCUT2D eigenvalue weighted by Gasteiger charge is 2.19. The van der Waals surface area contributed by atoms with E-state index in [1.165, 1.54) is 0 Å². The second-order valence-corrected chi connectivity index (χ2v) is 5.99. The third-order valence-electron chi connectivity index (χ3n) is 3.95. The first-order valence-electron chi connectivity index (χ1n) is 7.92. The Labute approximate surface area is 137 Å². The van der Waals surface area contributed by atoms with Gasteiger partial charge in [-0.2, -0.15) is 0 Å². The zero-order valence-corrected chi connectivity index (χ0v) is 13.9. The number of ketones is 2. The Morgan fingerprint density at radius 3 is 2.00 bits per heavy atom. The van der Waals surface area contributed by atoms with Crippen LogP contribution in [0.5, 0.6) is 0 Å². The highest BCUT2D eigenvalue weighted by Crippen LogP contribution is 2.13. The van der Waals surface area contributed by atoms with Crippen molar-refractivity contribution in [2.75, 3.05) is 7.05 Å². The van der Waals surface area contributed by atoms with Gasteiger partial charge in [0.15, 0.2) is 11.6 Å². The van der Waals surface area contributed by atoms with Crippen LogP contribution in [0.1, 0.15) is 35.3 Å². The fraction of sp³-hybridized carbons (Fsp3) is 0.300. The lowest BCUT2D eigenvalue weighted by molar-refractivity contribution is -0.123. The molecule has 0 heterocycles. The maximum Gasteiger partial charge on any atom is 0.193 e. The fourth-order valence-electron chi connectivity index (χ4n) is 2.53. The molecule has 23 heavy (non-hydrogen) atoms. The first-order chi connectivity index (χ1) is 11.0. The second-order valence-electron chi connectivity index (χ2n) is 5.99. The molecule has 1 unspecified atom stereocenters. The summed E-state index contributed by atoms with van der Waals surface area (Å²) in [5.74, 6) is 0.226. The summed E-state index contributed by atoms with van der Waals surface area (Å²) in [6, 6.07) is 16.6. The molecule has 3 nitrogen and oxygen atoms in total. The Morgan fingerprint density at radius 1 is 0.913 bits per heavy atom. The molecule has 2 rings (SSSR count). The van der Waals surface area contributed by atoms with Crippen LogP contribution in [-0.2, 0) is 11.2 Å². The van der Waals surface area contributed by atoms with Crippen molar-refractivity contribution in [2.24, 2.45) is 5.92 Å². The average molecular weight is 309 g/mol. The Kier molecular flexibility index (Phi) is 5.83. The third kappa shape index (κ3) is 4.36. The van der Waals surface area contributed by atoms with Gasteiger partial charge in [-0.3, -0.25) is 9.59 Å². The Balaban J connectivity index is 2.10. The first kappa shape index (κ1) is 17.1. The molecule has 2 aromatic rings. The largest absolute Gasteiger partial charge is 0.310 e. The molecule has 0 aliphatic carbocycles. The van der Waals surface area contributed by atoms with Gasteiger partial charge in [0.2, 0.25) is 0 Å². The molecule has 1 atom stereocenters. The van der Waals surface area contributed by atoms with E-state index in [9.17, 15) is 9.59 Å².